The van der Waals surface area contributed by atoms with Gasteiger partial charge < -0.3 is 10.5 Å². The largest absolute Gasteiger partial charge is 0.478 e. The highest BCUT2D eigenvalue weighted by atomic mass is 16.4. The molecule has 2 atom stereocenters. The molecule has 1 aromatic heterocycles. The maximum absolute atomic E-state index is 11.1. The molecule has 0 aromatic carbocycles. The van der Waals surface area contributed by atoms with Crippen molar-refractivity contribution in [2.45, 2.75) is 52.1 Å². The molecular formula is C14H21N3O2. The van der Waals surface area contributed by atoms with Gasteiger partial charge in [0.2, 0.25) is 0 Å². The van der Waals surface area contributed by atoms with E-state index in [0.29, 0.717) is 23.6 Å². The first kappa shape index (κ1) is 13.8. The van der Waals surface area contributed by atoms with Gasteiger partial charge in [0.1, 0.15) is 5.82 Å². The number of nitrogens with one attached hydrogen (secondary N) is 1. The highest BCUT2D eigenvalue weighted by Crippen LogP contribution is 2.23. The molecule has 0 amide bonds. The smallest absolute Gasteiger partial charge is 0.335 e. The van der Waals surface area contributed by atoms with Crippen molar-refractivity contribution in [1.82, 2.24) is 9.99 Å². The number of aromatic carboxylic acids is 1. The third kappa shape index (κ3) is 3.23. The lowest BCUT2D eigenvalue weighted by Crippen LogP contribution is -2.47. The van der Waals surface area contributed by atoms with Crippen molar-refractivity contribution in [3.8, 4) is 0 Å². The standard InChI is InChI=1S/C14H21N3O2/c1-9-7-12(14(18)19)8-13(15-9)16-17-10(2)5-4-6-11(17)3/h7-8,10-11H,4-6H2,1-3H3,(H,15,16)(H,18,19). The number of rotatable bonds is 3. The number of hydrogen-bond acceptors (Lipinski definition) is 4. The maximum Gasteiger partial charge on any atom is 0.335 e. The lowest BCUT2D eigenvalue weighted by Gasteiger charge is -2.39. The zero-order valence-electron chi connectivity index (χ0n) is 11.7. The number of hydrazine groups is 1. The van der Waals surface area contributed by atoms with E-state index in [1.54, 1.807) is 19.1 Å². The molecule has 1 saturated heterocycles. The van der Waals surface area contributed by atoms with Gasteiger partial charge in [0.05, 0.1) is 5.56 Å². The topological polar surface area (TPSA) is 65.5 Å². The van der Waals surface area contributed by atoms with Gasteiger partial charge in [-0.1, -0.05) is 6.42 Å². The van der Waals surface area contributed by atoms with Crippen molar-refractivity contribution in [3.63, 3.8) is 0 Å². The second-order valence-electron chi connectivity index (χ2n) is 5.34. The van der Waals surface area contributed by atoms with Gasteiger partial charge in [-0.2, -0.15) is 0 Å². The van der Waals surface area contributed by atoms with Crippen molar-refractivity contribution in [2.24, 2.45) is 0 Å². The van der Waals surface area contributed by atoms with Gasteiger partial charge in [0, 0.05) is 17.8 Å². The zero-order chi connectivity index (χ0) is 14.0. The Labute approximate surface area is 113 Å². The summed E-state index contributed by atoms with van der Waals surface area (Å²) < 4.78 is 0. The second-order valence-corrected chi connectivity index (χ2v) is 5.34. The molecule has 0 spiro atoms. The minimum atomic E-state index is -0.923. The average Bonchev–Trinajstić information content (AvgIpc) is 2.33. The van der Waals surface area contributed by atoms with Gasteiger partial charge in [-0.3, -0.25) is 0 Å². The van der Waals surface area contributed by atoms with E-state index in [1.807, 2.05) is 0 Å². The molecule has 104 valence electrons. The molecule has 1 aromatic rings. The van der Waals surface area contributed by atoms with E-state index in [-0.39, 0.29) is 5.56 Å². The molecule has 1 fully saturated rings. The number of carboxylic acid groups (broad SMARTS) is 1. The number of piperidine rings is 1. The Hall–Kier alpha value is -1.62. The molecule has 19 heavy (non-hydrogen) atoms. The van der Waals surface area contributed by atoms with E-state index in [9.17, 15) is 4.79 Å². The van der Waals surface area contributed by atoms with Gasteiger partial charge in [0.25, 0.3) is 0 Å². The lowest BCUT2D eigenvalue weighted by atomic mass is 10.00. The summed E-state index contributed by atoms with van der Waals surface area (Å²) in [5, 5.41) is 11.3. The van der Waals surface area contributed by atoms with Crippen LogP contribution in [-0.4, -0.2) is 33.2 Å². The van der Waals surface area contributed by atoms with Gasteiger partial charge in [-0.05, 0) is 45.7 Å². The predicted octanol–water partition coefficient (Wildman–Crippen LogP) is 2.68. The van der Waals surface area contributed by atoms with Crippen molar-refractivity contribution in [3.05, 3.63) is 23.4 Å². The zero-order valence-corrected chi connectivity index (χ0v) is 11.7. The quantitative estimate of drug-likeness (QED) is 0.877. The Morgan fingerprint density at radius 3 is 2.58 bits per heavy atom. The number of pyridine rings is 1. The normalized spacial score (nSPS) is 24.2. The minimum absolute atomic E-state index is 0.271. The molecule has 2 N–H and O–H groups in total. The predicted molar refractivity (Wildman–Crippen MR) is 74.2 cm³/mol. The Morgan fingerprint density at radius 1 is 1.37 bits per heavy atom. The molecule has 1 aliphatic rings. The lowest BCUT2D eigenvalue weighted by molar-refractivity contribution is 0.0696. The van der Waals surface area contributed by atoms with Crippen LogP contribution in [0.2, 0.25) is 0 Å². The van der Waals surface area contributed by atoms with Crippen LogP contribution in [-0.2, 0) is 0 Å². The molecule has 2 heterocycles. The summed E-state index contributed by atoms with van der Waals surface area (Å²) in [7, 11) is 0. The number of carbonyl (C=O) groups is 1. The van der Waals surface area contributed by atoms with Crippen LogP contribution < -0.4 is 5.43 Å². The van der Waals surface area contributed by atoms with Crippen LogP contribution in [0.4, 0.5) is 5.82 Å². The first-order chi connectivity index (χ1) is 8.97. The van der Waals surface area contributed by atoms with Gasteiger partial charge in [0.15, 0.2) is 0 Å². The molecule has 2 rings (SSSR count). The van der Waals surface area contributed by atoms with Crippen molar-refractivity contribution >= 4 is 11.8 Å². The molecule has 5 nitrogen and oxygen atoms in total. The van der Waals surface area contributed by atoms with Crippen molar-refractivity contribution in [2.75, 3.05) is 5.43 Å². The number of hydrogen-bond donors (Lipinski definition) is 2. The summed E-state index contributed by atoms with van der Waals surface area (Å²) in [5.74, 6) is -0.314. The number of anilines is 1. The van der Waals surface area contributed by atoms with Gasteiger partial charge in [-0.15, -0.1) is 0 Å². The number of carboxylic acids is 1. The van der Waals surface area contributed by atoms with Crippen LogP contribution in [0.5, 0.6) is 0 Å². The van der Waals surface area contributed by atoms with E-state index in [1.165, 1.54) is 6.42 Å². The van der Waals surface area contributed by atoms with E-state index < -0.39 is 5.97 Å². The Kier molecular flexibility index (Phi) is 4.04. The molecule has 5 heteroatoms. The van der Waals surface area contributed by atoms with E-state index in [4.69, 9.17) is 5.11 Å². The van der Waals surface area contributed by atoms with Crippen LogP contribution in [0.3, 0.4) is 0 Å². The highest BCUT2D eigenvalue weighted by molar-refractivity contribution is 5.88. The number of aromatic nitrogens is 1. The second kappa shape index (κ2) is 5.57. The maximum atomic E-state index is 11.1. The molecule has 2 unspecified atom stereocenters. The van der Waals surface area contributed by atoms with E-state index in [2.05, 4.69) is 29.3 Å². The summed E-state index contributed by atoms with van der Waals surface area (Å²) in [6, 6.07) is 4.03. The van der Waals surface area contributed by atoms with Crippen LogP contribution >= 0.6 is 0 Å². The van der Waals surface area contributed by atoms with Crippen LogP contribution in [0, 0.1) is 6.92 Å². The molecule has 0 radical (unpaired) electrons. The molecule has 0 bridgehead atoms. The summed E-state index contributed by atoms with van der Waals surface area (Å²) >= 11 is 0. The van der Waals surface area contributed by atoms with Crippen LogP contribution in [0.15, 0.2) is 12.1 Å². The van der Waals surface area contributed by atoms with Gasteiger partial charge in [-0.25, -0.2) is 14.8 Å². The molecular weight excluding hydrogens is 242 g/mol. The SMILES string of the molecule is Cc1cc(C(=O)O)cc(NN2C(C)CCCC2C)n1. The highest BCUT2D eigenvalue weighted by Gasteiger charge is 2.25. The van der Waals surface area contributed by atoms with Crippen molar-refractivity contribution < 1.29 is 9.90 Å². The molecule has 0 aliphatic carbocycles. The molecule has 1 aliphatic heterocycles. The summed E-state index contributed by atoms with van der Waals surface area (Å²) in [4.78, 5) is 15.4. The fraction of sp³-hybridized carbons (Fsp3) is 0.571. The van der Waals surface area contributed by atoms with Gasteiger partial charge >= 0.3 is 5.97 Å². The van der Waals surface area contributed by atoms with Crippen LogP contribution in [0.25, 0.3) is 0 Å². The summed E-state index contributed by atoms with van der Waals surface area (Å²) in [5.41, 5.74) is 4.25. The first-order valence-electron chi connectivity index (χ1n) is 6.74. The molecule has 0 saturated carbocycles. The van der Waals surface area contributed by atoms with E-state index >= 15 is 0 Å². The van der Waals surface area contributed by atoms with Crippen LogP contribution in [0.1, 0.15) is 49.2 Å². The third-order valence-corrected chi connectivity index (χ3v) is 3.64. The number of nitrogens with zero attached hydrogens (tertiary/aromatic N) is 2. The number of aryl methyl sites for hydroxylation is 1. The van der Waals surface area contributed by atoms with Crippen molar-refractivity contribution in [1.29, 1.82) is 0 Å². The van der Waals surface area contributed by atoms with E-state index in [0.717, 1.165) is 12.8 Å². The Balaban J connectivity index is 2.20. The fourth-order valence-electron chi connectivity index (χ4n) is 2.62. The summed E-state index contributed by atoms with van der Waals surface area (Å²) in [6.07, 6.45) is 3.53. The minimum Gasteiger partial charge on any atom is -0.478 e. The Morgan fingerprint density at radius 2 is 2.00 bits per heavy atom. The average molecular weight is 263 g/mol. The first-order valence-corrected chi connectivity index (χ1v) is 6.74. The fourth-order valence-corrected chi connectivity index (χ4v) is 2.62. The Bertz CT molecular complexity index is 466. The monoisotopic (exact) mass is 263 g/mol. The third-order valence-electron chi connectivity index (χ3n) is 3.64. The summed E-state index contributed by atoms with van der Waals surface area (Å²) in [6.45, 7) is 6.16.